The lowest BCUT2D eigenvalue weighted by Crippen LogP contribution is -2.51. The summed E-state index contributed by atoms with van der Waals surface area (Å²) in [7, 11) is 0. The van der Waals surface area contributed by atoms with Crippen molar-refractivity contribution in [3.63, 3.8) is 0 Å². The predicted octanol–water partition coefficient (Wildman–Crippen LogP) is 2.90. The van der Waals surface area contributed by atoms with Gasteiger partial charge in [-0.15, -0.1) is 11.3 Å². The first-order valence-electron chi connectivity index (χ1n) is 6.88. The SMILES string of the molecule is C[C@H]1CN(C(=O)c2cnc(-c3ccccc3Cl)s2)CCN1. The van der Waals surface area contributed by atoms with Crippen LogP contribution in [0.5, 0.6) is 0 Å². The van der Waals surface area contributed by atoms with Gasteiger partial charge in [0.25, 0.3) is 5.91 Å². The lowest BCUT2D eigenvalue weighted by molar-refractivity contribution is 0.0714. The van der Waals surface area contributed by atoms with E-state index in [9.17, 15) is 4.79 Å². The van der Waals surface area contributed by atoms with Crippen LogP contribution < -0.4 is 5.32 Å². The minimum absolute atomic E-state index is 0.0548. The Bertz CT molecular complexity index is 658. The van der Waals surface area contributed by atoms with Gasteiger partial charge in [-0.1, -0.05) is 29.8 Å². The second kappa shape index (κ2) is 6.13. The van der Waals surface area contributed by atoms with Gasteiger partial charge in [0, 0.05) is 31.2 Å². The van der Waals surface area contributed by atoms with Gasteiger partial charge in [-0.2, -0.15) is 0 Å². The van der Waals surface area contributed by atoms with Crippen LogP contribution in [0, 0.1) is 0 Å². The molecule has 1 amide bonds. The van der Waals surface area contributed by atoms with Crippen molar-refractivity contribution in [1.82, 2.24) is 15.2 Å². The van der Waals surface area contributed by atoms with Crippen molar-refractivity contribution in [3.8, 4) is 10.6 Å². The molecule has 0 radical (unpaired) electrons. The number of rotatable bonds is 2. The van der Waals surface area contributed by atoms with E-state index in [-0.39, 0.29) is 5.91 Å². The van der Waals surface area contributed by atoms with Gasteiger partial charge in [-0.3, -0.25) is 4.79 Å². The van der Waals surface area contributed by atoms with Crippen LogP contribution in [0.4, 0.5) is 0 Å². The normalized spacial score (nSPS) is 18.8. The minimum Gasteiger partial charge on any atom is -0.335 e. The standard InChI is InChI=1S/C15H16ClN3OS/c1-10-9-19(7-6-17-10)15(20)13-8-18-14(21-13)11-4-2-3-5-12(11)16/h2-5,8,10,17H,6-7,9H2,1H3/t10-/m0/s1. The molecule has 1 saturated heterocycles. The average molecular weight is 322 g/mol. The molecule has 2 aromatic rings. The van der Waals surface area contributed by atoms with Crippen molar-refractivity contribution >= 4 is 28.8 Å². The fourth-order valence-electron chi connectivity index (χ4n) is 2.40. The number of benzene rings is 1. The number of amides is 1. The average Bonchev–Trinajstić information content (AvgIpc) is 2.96. The van der Waals surface area contributed by atoms with E-state index in [1.807, 2.05) is 29.2 Å². The highest BCUT2D eigenvalue weighted by atomic mass is 35.5. The molecule has 0 saturated carbocycles. The Morgan fingerprint density at radius 1 is 1.48 bits per heavy atom. The maximum absolute atomic E-state index is 12.5. The molecule has 1 aromatic carbocycles. The zero-order chi connectivity index (χ0) is 14.8. The number of halogens is 1. The smallest absolute Gasteiger partial charge is 0.265 e. The van der Waals surface area contributed by atoms with E-state index in [1.165, 1.54) is 11.3 Å². The molecule has 0 bridgehead atoms. The molecule has 1 atom stereocenters. The predicted molar refractivity (Wildman–Crippen MR) is 85.9 cm³/mol. The van der Waals surface area contributed by atoms with E-state index >= 15 is 0 Å². The van der Waals surface area contributed by atoms with Crippen molar-refractivity contribution in [2.45, 2.75) is 13.0 Å². The quantitative estimate of drug-likeness (QED) is 0.925. The van der Waals surface area contributed by atoms with Crippen LogP contribution in [0.2, 0.25) is 5.02 Å². The molecule has 1 aliphatic heterocycles. The van der Waals surface area contributed by atoms with Crippen molar-refractivity contribution in [2.24, 2.45) is 0 Å². The molecule has 1 aromatic heterocycles. The van der Waals surface area contributed by atoms with Crippen LogP contribution in [0.3, 0.4) is 0 Å². The molecule has 0 spiro atoms. The summed E-state index contributed by atoms with van der Waals surface area (Å²) in [6.07, 6.45) is 1.65. The molecule has 110 valence electrons. The monoisotopic (exact) mass is 321 g/mol. The van der Waals surface area contributed by atoms with Crippen LogP contribution in [-0.2, 0) is 0 Å². The summed E-state index contributed by atoms with van der Waals surface area (Å²) in [6.45, 7) is 4.39. The van der Waals surface area contributed by atoms with Crippen molar-refractivity contribution in [1.29, 1.82) is 0 Å². The maximum Gasteiger partial charge on any atom is 0.265 e. The van der Waals surface area contributed by atoms with E-state index in [0.29, 0.717) is 15.9 Å². The highest BCUT2D eigenvalue weighted by molar-refractivity contribution is 7.17. The number of hydrogen-bond acceptors (Lipinski definition) is 4. The Morgan fingerprint density at radius 2 is 2.29 bits per heavy atom. The summed E-state index contributed by atoms with van der Waals surface area (Å²) in [5.41, 5.74) is 0.872. The molecule has 1 aliphatic rings. The fraction of sp³-hybridized carbons (Fsp3) is 0.333. The summed E-state index contributed by atoms with van der Waals surface area (Å²) in [6, 6.07) is 7.88. The highest BCUT2D eigenvalue weighted by Crippen LogP contribution is 2.31. The third-order valence-electron chi connectivity index (χ3n) is 3.48. The summed E-state index contributed by atoms with van der Waals surface area (Å²) in [5, 5.41) is 4.77. The first kappa shape index (κ1) is 14.5. The van der Waals surface area contributed by atoms with Crippen LogP contribution in [0.25, 0.3) is 10.6 Å². The lowest BCUT2D eigenvalue weighted by Gasteiger charge is -2.31. The molecule has 6 heteroatoms. The van der Waals surface area contributed by atoms with Gasteiger partial charge >= 0.3 is 0 Å². The molecule has 3 rings (SSSR count). The lowest BCUT2D eigenvalue weighted by atomic mass is 10.2. The number of nitrogens with zero attached hydrogens (tertiary/aromatic N) is 2. The van der Waals surface area contributed by atoms with Gasteiger partial charge in [-0.05, 0) is 13.0 Å². The molecule has 4 nitrogen and oxygen atoms in total. The number of thiazole rings is 1. The zero-order valence-electron chi connectivity index (χ0n) is 11.7. The van der Waals surface area contributed by atoms with Crippen LogP contribution in [-0.4, -0.2) is 41.5 Å². The topological polar surface area (TPSA) is 45.2 Å². The van der Waals surface area contributed by atoms with Gasteiger partial charge in [0.2, 0.25) is 0 Å². The first-order chi connectivity index (χ1) is 10.1. The molecule has 21 heavy (non-hydrogen) atoms. The van der Waals surface area contributed by atoms with Crippen LogP contribution in [0.1, 0.15) is 16.6 Å². The van der Waals surface area contributed by atoms with E-state index in [1.54, 1.807) is 6.20 Å². The molecule has 0 aliphatic carbocycles. The molecule has 0 unspecified atom stereocenters. The summed E-state index contributed by atoms with van der Waals surface area (Å²) >= 11 is 7.57. The van der Waals surface area contributed by atoms with Gasteiger partial charge in [0.15, 0.2) is 0 Å². The Labute approximate surface area is 132 Å². The van der Waals surface area contributed by atoms with E-state index < -0.39 is 0 Å². The molecular formula is C15H16ClN3OS. The third kappa shape index (κ3) is 3.10. The van der Waals surface area contributed by atoms with Gasteiger partial charge < -0.3 is 10.2 Å². The number of aromatic nitrogens is 1. The van der Waals surface area contributed by atoms with Gasteiger partial charge in [-0.25, -0.2) is 4.98 Å². The number of hydrogen-bond donors (Lipinski definition) is 1. The van der Waals surface area contributed by atoms with Gasteiger partial charge in [0.05, 0.1) is 11.2 Å². The Balaban J connectivity index is 1.82. The molecular weight excluding hydrogens is 306 g/mol. The molecule has 1 N–H and O–H groups in total. The first-order valence-corrected chi connectivity index (χ1v) is 8.08. The Hall–Kier alpha value is -1.43. The highest BCUT2D eigenvalue weighted by Gasteiger charge is 2.23. The van der Waals surface area contributed by atoms with Crippen molar-refractivity contribution in [2.75, 3.05) is 19.6 Å². The molecule has 2 heterocycles. The zero-order valence-corrected chi connectivity index (χ0v) is 13.2. The molecule has 1 fully saturated rings. The minimum atomic E-state index is 0.0548. The summed E-state index contributed by atoms with van der Waals surface area (Å²) in [5.74, 6) is 0.0548. The Kier molecular flexibility index (Phi) is 4.24. The second-order valence-electron chi connectivity index (χ2n) is 5.12. The summed E-state index contributed by atoms with van der Waals surface area (Å²) < 4.78 is 0. The number of carbonyl (C=O) groups is 1. The van der Waals surface area contributed by atoms with Crippen molar-refractivity contribution < 1.29 is 4.79 Å². The number of nitrogens with one attached hydrogen (secondary N) is 1. The largest absolute Gasteiger partial charge is 0.335 e. The number of carbonyl (C=O) groups excluding carboxylic acids is 1. The van der Waals surface area contributed by atoms with Crippen LogP contribution in [0.15, 0.2) is 30.5 Å². The Morgan fingerprint density at radius 3 is 3.05 bits per heavy atom. The fourth-order valence-corrected chi connectivity index (χ4v) is 3.61. The second-order valence-corrected chi connectivity index (χ2v) is 6.55. The van der Waals surface area contributed by atoms with E-state index in [0.717, 1.165) is 30.2 Å². The summed E-state index contributed by atoms with van der Waals surface area (Å²) in [4.78, 5) is 19.4. The number of piperazine rings is 1. The maximum atomic E-state index is 12.5. The van der Waals surface area contributed by atoms with E-state index in [2.05, 4.69) is 17.2 Å². The van der Waals surface area contributed by atoms with Gasteiger partial charge in [0.1, 0.15) is 9.88 Å². The van der Waals surface area contributed by atoms with Crippen LogP contribution >= 0.6 is 22.9 Å². The van der Waals surface area contributed by atoms with Crippen molar-refractivity contribution in [3.05, 3.63) is 40.4 Å². The van der Waals surface area contributed by atoms with E-state index in [4.69, 9.17) is 11.6 Å². The third-order valence-corrected chi connectivity index (χ3v) is 4.82.